The number of hydrogen-bond acceptors (Lipinski definition) is 3. The Balaban J connectivity index is 2.04. The topological polar surface area (TPSA) is 72.4 Å². The van der Waals surface area contributed by atoms with Gasteiger partial charge in [-0.25, -0.2) is 4.79 Å². The third-order valence-electron chi connectivity index (χ3n) is 3.08. The zero-order chi connectivity index (χ0) is 14.1. The highest BCUT2D eigenvalue weighted by atomic mass is 16.4. The van der Waals surface area contributed by atoms with Crippen molar-refractivity contribution < 1.29 is 14.3 Å². The Morgan fingerprint density at radius 3 is 2.70 bits per heavy atom. The molecule has 1 aromatic carbocycles. The van der Waals surface area contributed by atoms with Crippen LogP contribution in [0.2, 0.25) is 0 Å². The van der Waals surface area contributed by atoms with Gasteiger partial charge in [0.15, 0.2) is 5.43 Å². The van der Waals surface area contributed by atoms with E-state index in [0.717, 1.165) is 5.52 Å². The van der Waals surface area contributed by atoms with Gasteiger partial charge >= 0.3 is 5.97 Å². The number of hydrogen-bond donors (Lipinski definition) is 1. The fourth-order valence-corrected chi connectivity index (χ4v) is 2.14. The summed E-state index contributed by atoms with van der Waals surface area (Å²) in [6, 6.07) is 11.8. The standard InChI is InChI=1S/C15H11NO4/c17-13-7-8-16(12-4-2-1-3-11(12)13)9-10-5-6-14(20-10)15(18)19/h1-8H,9H2,(H,18,19). The van der Waals surface area contributed by atoms with Crippen LogP contribution in [0.15, 0.2) is 57.9 Å². The minimum atomic E-state index is -1.10. The molecule has 3 rings (SSSR count). The Hall–Kier alpha value is -2.82. The van der Waals surface area contributed by atoms with Crippen LogP contribution in [0.4, 0.5) is 0 Å². The lowest BCUT2D eigenvalue weighted by molar-refractivity contribution is 0.0660. The van der Waals surface area contributed by atoms with Gasteiger partial charge in [0.25, 0.3) is 0 Å². The molecule has 1 N–H and O–H groups in total. The Kier molecular flexibility index (Phi) is 2.87. The van der Waals surface area contributed by atoms with Gasteiger partial charge in [0.2, 0.25) is 5.76 Å². The maximum absolute atomic E-state index is 11.8. The molecule has 100 valence electrons. The molecule has 3 aromatic rings. The molecule has 0 aliphatic rings. The van der Waals surface area contributed by atoms with Crippen LogP contribution in [0.25, 0.3) is 10.9 Å². The minimum Gasteiger partial charge on any atom is -0.475 e. The summed E-state index contributed by atoms with van der Waals surface area (Å²) < 4.78 is 7.08. The van der Waals surface area contributed by atoms with Crippen LogP contribution in [0.5, 0.6) is 0 Å². The van der Waals surface area contributed by atoms with E-state index in [4.69, 9.17) is 9.52 Å². The largest absolute Gasteiger partial charge is 0.475 e. The SMILES string of the molecule is O=C(O)c1ccc(Cn2ccc(=O)c3ccccc32)o1. The third kappa shape index (κ3) is 2.09. The molecule has 0 saturated carbocycles. The number of carboxylic acid groups (broad SMARTS) is 1. The van der Waals surface area contributed by atoms with Gasteiger partial charge in [-0.3, -0.25) is 4.79 Å². The van der Waals surface area contributed by atoms with E-state index in [9.17, 15) is 9.59 Å². The lowest BCUT2D eigenvalue weighted by atomic mass is 10.2. The monoisotopic (exact) mass is 269 g/mol. The second-order valence-corrected chi connectivity index (χ2v) is 4.40. The van der Waals surface area contributed by atoms with Gasteiger partial charge in [-0.2, -0.15) is 0 Å². The molecule has 0 fully saturated rings. The first kappa shape index (κ1) is 12.2. The molecule has 0 amide bonds. The summed E-state index contributed by atoms with van der Waals surface area (Å²) in [4.78, 5) is 22.5. The van der Waals surface area contributed by atoms with E-state index in [-0.39, 0.29) is 11.2 Å². The molecule has 0 spiro atoms. The van der Waals surface area contributed by atoms with Crippen LogP contribution < -0.4 is 5.43 Å². The molecule has 0 unspecified atom stereocenters. The molecule has 0 aliphatic carbocycles. The first-order valence-corrected chi connectivity index (χ1v) is 6.05. The minimum absolute atomic E-state index is 0.0393. The van der Waals surface area contributed by atoms with E-state index >= 15 is 0 Å². The van der Waals surface area contributed by atoms with Crippen molar-refractivity contribution in [1.82, 2.24) is 4.57 Å². The van der Waals surface area contributed by atoms with Crippen LogP contribution in [0, 0.1) is 0 Å². The zero-order valence-corrected chi connectivity index (χ0v) is 10.4. The van der Waals surface area contributed by atoms with E-state index in [1.807, 2.05) is 22.8 Å². The van der Waals surface area contributed by atoms with Gasteiger partial charge < -0.3 is 14.1 Å². The van der Waals surface area contributed by atoms with Crippen molar-refractivity contribution in [2.45, 2.75) is 6.54 Å². The van der Waals surface area contributed by atoms with Crippen molar-refractivity contribution in [2.75, 3.05) is 0 Å². The molecule has 0 aliphatic heterocycles. The van der Waals surface area contributed by atoms with Crippen molar-refractivity contribution in [2.24, 2.45) is 0 Å². The number of pyridine rings is 1. The van der Waals surface area contributed by atoms with E-state index in [0.29, 0.717) is 17.7 Å². The van der Waals surface area contributed by atoms with Crippen LogP contribution in [-0.4, -0.2) is 15.6 Å². The number of aromatic nitrogens is 1. The highest BCUT2D eigenvalue weighted by Gasteiger charge is 2.10. The summed E-state index contributed by atoms with van der Waals surface area (Å²) in [5.74, 6) is -0.664. The van der Waals surface area contributed by atoms with Crippen LogP contribution in [-0.2, 0) is 6.54 Å². The van der Waals surface area contributed by atoms with Gasteiger partial charge in [-0.1, -0.05) is 12.1 Å². The fraction of sp³-hybridized carbons (Fsp3) is 0.0667. The summed E-state index contributed by atoms with van der Waals surface area (Å²) in [7, 11) is 0. The lowest BCUT2D eigenvalue weighted by Crippen LogP contribution is -2.08. The van der Waals surface area contributed by atoms with Crippen molar-refractivity contribution in [3.8, 4) is 0 Å². The number of aromatic carboxylic acids is 1. The van der Waals surface area contributed by atoms with E-state index in [1.54, 1.807) is 18.3 Å². The molecule has 0 bridgehead atoms. The number of carboxylic acids is 1. The molecule has 5 heteroatoms. The summed E-state index contributed by atoms with van der Waals surface area (Å²) in [6.45, 7) is 0.369. The average Bonchev–Trinajstić information content (AvgIpc) is 2.91. The predicted molar refractivity (Wildman–Crippen MR) is 73.0 cm³/mol. The van der Waals surface area contributed by atoms with E-state index in [1.165, 1.54) is 12.1 Å². The molecule has 0 radical (unpaired) electrons. The van der Waals surface area contributed by atoms with Gasteiger partial charge in [-0.05, 0) is 24.3 Å². The highest BCUT2D eigenvalue weighted by Crippen LogP contribution is 2.14. The number of rotatable bonds is 3. The van der Waals surface area contributed by atoms with Gasteiger partial charge in [0, 0.05) is 17.6 Å². The van der Waals surface area contributed by atoms with Crippen molar-refractivity contribution in [3.05, 3.63) is 70.4 Å². The Bertz CT molecular complexity index is 844. The summed E-state index contributed by atoms with van der Waals surface area (Å²) in [5.41, 5.74) is 0.746. The maximum atomic E-state index is 11.8. The first-order chi connectivity index (χ1) is 9.65. The lowest BCUT2D eigenvalue weighted by Gasteiger charge is -2.08. The van der Waals surface area contributed by atoms with E-state index in [2.05, 4.69) is 0 Å². The summed E-state index contributed by atoms with van der Waals surface area (Å²) in [5, 5.41) is 9.46. The Morgan fingerprint density at radius 1 is 1.15 bits per heavy atom. The van der Waals surface area contributed by atoms with Crippen LogP contribution in [0.1, 0.15) is 16.3 Å². The van der Waals surface area contributed by atoms with Crippen molar-refractivity contribution in [3.63, 3.8) is 0 Å². The number of fused-ring (bicyclic) bond motifs is 1. The van der Waals surface area contributed by atoms with Crippen molar-refractivity contribution in [1.29, 1.82) is 0 Å². The molecule has 0 atom stereocenters. The predicted octanol–water partition coefficient (Wildman–Crippen LogP) is 2.34. The normalized spacial score (nSPS) is 10.8. The smallest absolute Gasteiger partial charge is 0.371 e. The number of nitrogens with zero attached hydrogens (tertiary/aromatic N) is 1. The molecular weight excluding hydrogens is 258 g/mol. The number of furan rings is 1. The summed E-state index contributed by atoms with van der Waals surface area (Å²) in [6.07, 6.45) is 1.67. The van der Waals surface area contributed by atoms with Gasteiger partial charge in [0.05, 0.1) is 12.1 Å². The van der Waals surface area contributed by atoms with Gasteiger partial charge in [0.1, 0.15) is 5.76 Å². The molecule has 5 nitrogen and oxygen atoms in total. The van der Waals surface area contributed by atoms with Crippen LogP contribution >= 0.6 is 0 Å². The van der Waals surface area contributed by atoms with Gasteiger partial charge in [-0.15, -0.1) is 0 Å². The molecular formula is C15H11NO4. The quantitative estimate of drug-likeness (QED) is 0.792. The van der Waals surface area contributed by atoms with Crippen molar-refractivity contribution >= 4 is 16.9 Å². The molecule has 20 heavy (non-hydrogen) atoms. The molecule has 2 heterocycles. The number of carbonyl (C=O) groups is 1. The Morgan fingerprint density at radius 2 is 1.95 bits per heavy atom. The van der Waals surface area contributed by atoms with Crippen LogP contribution in [0.3, 0.4) is 0 Å². The fourth-order valence-electron chi connectivity index (χ4n) is 2.14. The Labute approximate surface area is 113 Å². The average molecular weight is 269 g/mol. The maximum Gasteiger partial charge on any atom is 0.371 e. The van der Waals surface area contributed by atoms with E-state index < -0.39 is 5.97 Å². The second kappa shape index (κ2) is 4.70. The number of para-hydroxylation sites is 1. The highest BCUT2D eigenvalue weighted by molar-refractivity contribution is 5.84. The second-order valence-electron chi connectivity index (χ2n) is 4.40. The molecule has 2 aromatic heterocycles. The molecule has 0 saturated heterocycles. The number of benzene rings is 1. The summed E-state index contributed by atoms with van der Waals surface area (Å²) >= 11 is 0. The zero-order valence-electron chi connectivity index (χ0n) is 10.4. The third-order valence-corrected chi connectivity index (χ3v) is 3.08. The first-order valence-electron chi connectivity index (χ1n) is 6.05.